The first-order valence-electron chi connectivity index (χ1n) is 14.9. The Labute approximate surface area is 230 Å². The van der Waals surface area contributed by atoms with Gasteiger partial charge in [-0.15, -0.1) is 0 Å². The fraction of sp³-hybridized carbons (Fsp3) is 0.636. The second-order valence-electron chi connectivity index (χ2n) is 10.3. The molecule has 0 aromatic heterocycles. The largest absolute Gasteiger partial charge is 0.369 e. The number of nitrogens with zero attached hydrogens (tertiary/aromatic N) is 4. The van der Waals surface area contributed by atoms with E-state index < -0.39 is 0 Å². The Bertz CT molecular complexity index is 815. The predicted molar refractivity (Wildman–Crippen MR) is 168 cm³/mol. The van der Waals surface area contributed by atoms with Gasteiger partial charge >= 0.3 is 0 Å². The van der Waals surface area contributed by atoms with Crippen LogP contribution in [-0.2, 0) is 6.42 Å². The van der Waals surface area contributed by atoms with Crippen LogP contribution in [0, 0.1) is 13.8 Å². The second kappa shape index (κ2) is 19.1. The molecule has 2 aromatic rings. The van der Waals surface area contributed by atoms with Gasteiger partial charge in [-0.25, -0.2) is 0 Å². The van der Waals surface area contributed by atoms with Gasteiger partial charge in [-0.2, -0.15) is 0 Å². The van der Waals surface area contributed by atoms with Crippen molar-refractivity contribution in [2.45, 2.75) is 74.1 Å². The molecule has 0 spiro atoms. The highest BCUT2D eigenvalue weighted by Crippen LogP contribution is 2.22. The molecule has 4 heteroatoms. The van der Waals surface area contributed by atoms with Gasteiger partial charge in [0, 0.05) is 63.7 Å². The molecule has 0 radical (unpaired) electrons. The molecule has 2 aromatic carbocycles. The number of hydrogen-bond acceptors (Lipinski definition) is 4. The summed E-state index contributed by atoms with van der Waals surface area (Å²) in [7, 11) is 4.39. The molecule has 210 valence electrons. The van der Waals surface area contributed by atoms with Gasteiger partial charge in [0.05, 0.1) is 0 Å². The van der Waals surface area contributed by atoms with E-state index in [4.69, 9.17) is 0 Å². The lowest BCUT2D eigenvalue weighted by atomic mass is 10.1. The Balaban J connectivity index is 0.000000306. The lowest BCUT2D eigenvalue weighted by molar-refractivity contribution is 0.312. The van der Waals surface area contributed by atoms with Gasteiger partial charge in [0.25, 0.3) is 0 Å². The van der Waals surface area contributed by atoms with Crippen LogP contribution in [-0.4, -0.2) is 76.3 Å². The van der Waals surface area contributed by atoms with Gasteiger partial charge in [0.1, 0.15) is 0 Å². The van der Waals surface area contributed by atoms with Crippen molar-refractivity contribution >= 4 is 11.4 Å². The average Bonchev–Trinajstić information content (AvgIpc) is 2.92. The topological polar surface area (TPSA) is 13.0 Å². The molecule has 0 saturated carbocycles. The molecular weight excluding hydrogens is 452 g/mol. The standard InChI is InChI=1S/C14H22N2.C13H20N2.C4H10.C2H6/c1-3-4-13-5-7-14(8-6-13)16-11-9-15(2)10-12-16;1-11-4-5-13(12(2)10-11)15-8-6-14(3)7-9-15;1-3-4-2;1-2/h5-8H,3-4,9-12H2,1-2H3;4-5,10H,6-9H2,1-3H3;3-4H2,1-2H3;1-2H3. The van der Waals surface area contributed by atoms with Gasteiger partial charge < -0.3 is 19.6 Å². The minimum atomic E-state index is 1.15. The zero-order chi connectivity index (χ0) is 27.6. The van der Waals surface area contributed by atoms with Gasteiger partial charge in [-0.1, -0.05) is 83.7 Å². The molecule has 2 fully saturated rings. The third kappa shape index (κ3) is 12.4. The van der Waals surface area contributed by atoms with Crippen molar-refractivity contribution in [2.24, 2.45) is 0 Å². The van der Waals surface area contributed by atoms with Crippen LogP contribution in [0.3, 0.4) is 0 Å². The van der Waals surface area contributed by atoms with Gasteiger partial charge in [0.2, 0.25) is 0 Å². The normalized spacial score (nSPS) is 16.0. The van der Waals surface area contributed by atoms with Crippen molar-refractivity contribution in [3.8, 4) is 0 Å². The van der Waals surface area contributed by atoms with E-state index in [9.17, 15) is 0 Å². The first-order valence-corrected chi connectivity index (χ1v) is 14.9. The van der Waals surface area contributed by atoms with Crippen LogP contribution in [0.5, 0.6) is 0 Å². The molecule has 0 bridgehead atoms. The molecule has 0 atom stereocenters. The molecule has 0 N–H and O–H groups in total. The molecule has 0 aliphatic carbocycles. The molecule has 2 saturated heterocycles. The number of benzene rings is 2. The van der Waals surface area contributed by atoms with E-state index in [2.05, 4.69) is 111 Å². The van der Waals surface area contributed by atoms with E-state index in [0.717, 1.165) is 26.2 Å². The van der Waals surface area contributed by atoms with E-state index >= 15 is 0 Å². The highest BCUT2D eigenvalue weighted by Gasteiger charge is 2.15. The number of hydrogen-bond donors (Lipinski definition) is 0. The van der Waals surface area contributed by atoms with E-state index in [-0.39, 0.29) is 0 Å². The summed E-state index contributed by atoms with van der Waals surface area (Å²) in [5, 5.41) is 0. The van der Waals surface area contributed by atoms with Crippen LogP contribution in [0.2, 0.25) is 0 Å². The minimum absolute atomic E-state index is 1.15. The van der Waals surface area contributed by atoms with Crippen molar-refractivity contribution in [2.75, 3.05) is 76.3 Å². The quantitative estimate of drug-likeness (QED) is 0.419. The number of likely N-dealkylation sites (N-methyl/N-ethyl adjacent to an activating group) is 2. The molecular formula is C33H58N4. The summed E-state index contributed by atoms with van der Waals surface area (Å²) in [6.07, 6.45) is 5.07. The van der Waals surface area contributed by atoms with Crippen LogP contribution in [0.15, 0.2) is 42.5 Å². The fourth-order valence-corrected chi connectivity index (χ4v) is 4.43. The highest BCUT2D eigenvalue weighted by atomic mass is 15.3. The number of anilines is 2. The summed E-state index contributed by atoms with van der Waals surface area (Å²) in [6, 6.07) is 15.8. The van der Waals surface area contributed by atoms with Crippen molar-refractivity contribution in [3.05, 3.63) is 59.2 Å². The molecule has 2 heterocycles. The number of rotatable bonds is 5. The Morgan fingerprint density at radius 2 is 1.08 bits per heavy atom. The summed E-state index contributed by atoms with van der Waals surface area (Å²) in [5.41, 5.74) is 7.01. The molecule has 0 unspecified atom stereocenters. The molecule has 4 nitrogen and oxygen atoms in total. The lowest BCUT2D eigenvalue weighted by Gasteiger charge is -2.35. The maximum atomic E-state index is 2.49. The Morgan fingerprint density at radius 3 is 1.51 bits per heavy atom. The van der Waals surface area contributed by atoms with Crippen LogP contribution in [0.25, 0.3) is 0 Å². The SMILES string of the molecule is CC.CCCC.CCCc1ccc(N2CCN(C)CC2)cc1.Cc1ccc(N2CCN(C)CC2)c(C)c1. The average molecular weight is 511 g/mol. The van der Waals surface area contributed by atoms with Crippen molar-refractivity contribution < 1.29 is 0 Å². The van der Waals surface area contributed by atoms with Gasteiger partial charge in [0.15, 0.2) is 0 Å². The molecule has 2 aliphatic rings. The summed E-state index contributed by atoms with van der Waals surface area (Å²) in [4.78, 5) is 9.76. The molecule has 37 heavy (non-hydrogen) atoms. The lowest BCUT2D eigenvalue weighted by Crippen LogP contribution is -2.44. The zero-order valence-corrected chi connectivity index (χ0v) is 25.8. The molecule has 2 aliphatic heterocycles. The number of piperazine rings is 2. The molecule has 0 amide bonds. The Morgan fingerprint density at radius 1 is 0.595 bits per heavy atom. The minimum Gasteiger partial charge on any atom is -0.369 e. The van der Waals surface area contributed by atoms with Crippen LogP contribution in [0.4, 0.5) is 11.4 Å². The van der Waals surface area contributed by atoms with Gasteiger partial charge in [-0.05, 0) is 63.7 Å². The maximum Gasteiger partial charge on any atom is 0.0396 e. The monoisotopic (exact) mass is 510 g/mol. The van der Waals surface area contributed by atoms with Crippen molar-refractivity contribution in [3.63, 3.8) is 0 Å². The summed E-state index contributed by atoms with van der Waals surface area (Å²) in [6.45, 7) is 24.3. The second-order valence-corrected chi connectivity index (χ2v) is 10.3. The first-order chi connectivity index (χ1) is 17.9. The first kappa shape index (κ1) is 33.0. The van der Waals surface area contributed by atoms with Crippen LogP contribution >= 0.6 is 0 Å². The van der Waals surface area contributed by atoms with Crippen molar-refractivity contribution in [1.82, 2.24) is 9.80 Å². The highest BCUT2D eigenvalue weighted by molar-refractivity contribution is 5.54. The summed E-state index contributed by atoms with van der Waals surface area (Å²) in [5.74, 6) is 0. The smallest absolute Gasteiger partial charge is 0.0396 e. The predicted octanol–water partition coefficient (Wildman–Crippen LogP) is 7.28. The summed E-state index contributed by atoms with van der Waals surface area (Å²) >= 11 is 0. The molecule has 4 rings (SSSR count). The Hall–Kier alpha value is -2.04. The third-order valence-electron chi connectivity index (χ3n) is 7.04. The van der Waals surface area contributed by atoms with Crippen LogP contribution < -0.4 is 9.80 Å². The van der Waals surface area contributed by atoms with E-state index in [1.54, 1.807) is 0 Å². The fourth-order valence-electron chi connectivity index (χ4n) is 4.43. The summed E-state index contributed by atoms with van der Waals surface area (Å²) < 4.78 is 0. The number of unbranched alkanes of at least 4 members (excludes halogenated alkanes) is 1. The Kier molecular flexibility index (Phi) is 17.0. The number of aryl methyl sites for hydroxylation is 3. The van der Waals surface area contributed by atoms with E-state index in [1.165, 1.54) is 79.9 Å². The maximum absolute atomic E-state index is 2.49. The van der Waals surface area contributed by atoms with Crippen molar-refractivity contribution in [1.29, 1.82) is 0 Å². The van der Waals surface area contributed by atoms with Crippen LogP contribution in [0.1, 0.15) is 70.6 Å². The van der Waals surface area contributed by atoms with Gasteiger partial charge in [-0.3, -0.25) is 0 Å². The zero-order valence-electron chi connectivity index (χ0n) is 25.8. The van der Waals surface area contributed by atoms with E-state index in [0.29, 0.717) is 0 Å². The van der Waals surface area contributed by atoms with E-state index in [1.807, 2.05) is 13.8 Å². The third-order valence-corrected chi connectivity index (χ3v) is 7.04.